The highest BCUT2D eigenvalue weighted by Crippen LogP contribution is 2.22. The monoisotopic (exact) mass is 382 g/mol. The maximum Gasteiger partial charge on any atom is 0.274 e. The number of amides is 1. The first-order valence-electron chi connectivity index (χ1n) is 8.32. The van der Waals surface area contributed by atoms with Gasteiger partial charge in [0.15, 0.2) is 5.78 Å². The Hall–Kier alpha value is -3.68. The highest BCUT2D eigenvalue weighted by Gasteiger charge is 2.14. The second kappa shape index (κ2) is 7.91. The van der Waals surface area contributed by atoms with Crippen LogP contribution in [-0.4, -0.2) is 21.7 Å². The largest absolute Gasteiger partial charge is 0.335 e. The van der Waals surface area contributed by atoms with Gasteiger partial charge in [-0.3, -0.25) is 9.59 Å². The van der Waals surface area contributed by atoms with Crippen molar-refractivity contribution >= 4 is 28.9 Å². The van der Waals surface area contributed by atoms with E-state index in [0.717, 1.165) is 12.1 Å². The highest BCUT2D eigenvalue weighted by molar-refractivity contribution is 6.03. The van der Waals surface area contributed by atoms with Crippen molar-refractivity contribution in [2.24, 2.45) is 0 Å². The zero-order valence-electron chi connectivity index (χ0n) is 15.1. The molecule has 0 atom stereocenters. The van der Waals surface area contributed by atoms with Crippen LogP contribution in [0.15, 0.2) is 48.5 Å². The summed E-state index contributed by atoms with van der Waals surface area (Å²) < 4.78 is 27.6. The molecule has 2 N–H and O–H groups in total. The lowest BCUT2D eigenvalue weighted by molar-refractivity contribution is 0.101. The molecule has 0 saturated carbocycles. The van der Waals surface area contributed by atoms with Crippen LogP contribution in [0.1, 0.15) is 33.6 Å². The smallest absolute Gasteiger partial charge is 0.274 e. The van der Waals surface area contributed by atoms with Crippen molar-refractivity contribution in [2.45, 2.75) is 13.8 Å². The van der Waals surface area contributed by atoms with Crippen molar-refractivity contribution in [3.63, 3.8) is 0 Å². The van der Waals surface area contributed by atoms with E-state index in [2.05, 4.69) is 20.6 Å². The van der Waals surface area contributed by atoms with Crippen LogP contribution in [0.4, 0.5) is 26.0 Å². The number of nitrogens with one attached hydrogen (secondary N) is 2. The first kappa shape index (κ1) is 19.1. The Balaban J connectivity index is 1.82. The molecule has 3 rings (SSSR count). The molecule has 0 unspecified atom stereocenters. The molecule has 0 bridgehead atoms. The van der Waals surface area contributed by atoms with E-state index in [-0.39, 0.29) is 28.8 Å². The van der Waals surface area contributed by atoms with Crippen molar-refractivity contribution in [1.82, 2.24) is 9.97 Å². The van der Waals surface area contributed by atoms with Gasteiger partial charge in [-0.05, 0) is 50.2 Å². The Kier molecular flexibility index (Phi) is 5.39. The summed E-state index contributed by atoms with van der Waals surface area (Å²) in [4.78, 5) is 31.9. The zero-order valence-corrected chi connectivity index (χ0v) is 15.1. The van der Waals surface area contributed by atoms with Gasteiger partial charge in [0.2, 0.25) is 0 Å². The fraction of sp³-hybridized carbons (Fsp3) is 0.100. The van der Waals surface area contributed by atoms with E-state index in [9.17, 15) is 18.4 Å². The van der Waals surface area contributed by atoms with Gasteiger partial charge in [0.25, 0.3) is 5.91 Å². The molecule has 28 heavy (non-hydrogen) atoms. The number of rotatable bonds is 5. The van der Waals surface area contributed by atoms with Crippen LogP contribution in [0.25, 0.3) is 0 Å². The van der Waals surface area contributed by atoms with Crippen molar-refractivity contribution in [1.29, 1.82) is 0 Å². The number of Topliss-reactive ketones (excluding diaryl/α,β-unsaturated/α-hetero) is 1. The summed E-state index contributed by atoms with van der Waals surface area (Å²) in [6, 6.07) is 11.1. The molecule has 0 aliphatic carbocycles. The highest BCUT2D eigenvalue weighted by atomic mass is 19.1. The maximum atomic E-state index is 13.8. The fourth-order valence-corrected chi connectivity index (χ4v) is 2.48. The molecule has 6 nitrogen and oxygen atoms in total. The minimum Gasteiger partial charge on any atom is -0.335 e. The van der Waals surface area contributed by atoms with Crippen LogP contribution in [0.2, 0.25) is 0 Å². The Morgan fingerprint density at radius 3 is 2.21 bits per heavy atom. The fourth-order valence-electron chi connectivity index (χ4n) is 2.48. The Bertz CT molecular complexity index is 1030. The summed E-state index contributed by atoms with van der Waals surface area (Å²) >= 11 is 0. The molecule has 3 aromatic rings. The molecule has 0 aliphatic heterocycles. The SMILES string of the molecule is CC(=O)c1ccc(NC(=O)c2cc(Nc3c(F)cccc3F)nc(C)n2)cc1. The third-order valence-electron chi connectivity index (χ3n) is 3.84. The standard InChI is InChI=1S/C20H16F2N4O2/c1-11(27)13-6-8-14(9-7-13)25-20(28)17-10-18(24-12(2)23-17)26-19-15(21)4-3-5-16(19)22/h3-10H,1-2H3,(H,25,28)(H,23,24,26). The number of hydrogen-bond donors (Lipinski definition) is 2. The zero-order chi connectivity index (χ0) is 20.3. The van der Waals surface area contributed by atoms with E-state index in [1.807, 2.05) is 0 Å². The lowest BCUT2D eigenvalue weighted by Crippen LogP contribution is -2.15. The molecule has 1 heterocycles. The Morgan fingerprint density at radius 2 is 1.61 bits per heavy atom. The summed E-state index contributed by atoms with van der Waals surface area (Å²) in [5.74, 6) is -1.86. The van der Waals surface area contributed by atoms with Crippen LogP contribution in [-0.2, 0) is 0 Å². The first-order chi connectivity index (χ1) is 13.3. The summed E-state index contributed by atoms with van der Waals surface area (Å²) in [6.07, 6.45) is 0. The molecule has 0 saturated heterocycles. The molecule has 1 aromatic heterocycles. The minimum absolute atomic E-state index is 0.0161. The number of aryl methyl sites for hydroxylation is 1. The maximum absolute atomic E-state index is 13.8. The van der Waals surface area contributed by atoms with E-state index >= 15 is 0 Å². The van der Waals surface area contributed by atoms with Crippen molar-refractivity contribution in [3.05, 3.63) is 77.2 Å². The van der Waals surface area contributed by atoms with E-state index in [0.29, 0.717) is 11.3 Å². The number of benzene rings is 2. The van der Waals surface area contributed by atoms with Gasteiger partial charge in [0.1, 0.15) is 34.7 Å². The van der Waals surface area contributed by atoms with Crippen LogP contribution in [0, 0.1) is 18.6 Å². The number of nitrogens with zero attached hydrogens (tertiary/aromatic N) is 2. The minimum atomic E-state index is -0.784. The van der Waals surface area contributed by atoms with Gasteiger partial charge in [-0.1, -0.05) is 6.07 Å². The van der Waals surface area contributed by atoms with E-state index in [4.69, 9.17) is 0 Å². The third-order valence-corrected chi connectivity index (χ3v) is 3.84. The Labute approximate surface area is 159 Å². The molecule has 0 spiro atoms. The van der Waals surface area contributed by atoms with Crippen LogP contribution < -0.4 is 10.6 Å². The van der Waals surface area contributed by atoms with Crippen molar-refractivity contribution < 1.29 is 18.4 Å². The molecule has 8 heteroatoms. The Morgan fingerprint density at radius 1 is 0.964 bits per heavy atom. The lowest BCUT2D eigenvalue weighted by Gasteiger charge is -2.10. The summed E-state index contributed by atoms with van der Waals surface area (Å²) in [5, 5.41) is 5.19. The molecule has 0 aliphatic rings. The van der Waals surface area contributed by atoms with Crippen molar-refractivity contribution in [2.75, 3.05) is 10.6 Å². The molecule has 1 amide bonds. The normalized spacial score (nSPS) is 10.4. The van der Waals surface area contributed by atoms with Gasteiger partial charge < -0.3 is 10.6 Å². The number of anilines is 3. The number of para-hydroxylation sites is 1. The van der Waals surface area contributed by atoms with Gasteiger partial charge in [-0.2, -0.15) is 0 Å². The second-order valence-corrected chi connectivity index (χ2v) is 5.99. The predicted molar refractivity (Wildman–Crippen MR) is 101 cm³/mol. The summed E-state index contributed by atoms with van der Waals surface area (Å²) in [7, 11) is 0. The van der Waals surface area contributed by atoms with Crippen LogP contribution >= 0.6 is 0 Å². The molecular formula is C20H16F2N4O2. The summed E-state index contributed by atoms with van der Waals surface area (Å²) in [5.41, 5.74) is 0.643. The molecule has 0 fully saturated rings. The van der Waals surface area contributed by atoms with Gasteiger partial charge in [0.05, 0.1) is 0 Å². The number of halogens is 2. The number of aromatic nitrogens is 2. The average Bonchev–Trinajstić information content (AvgIpc) is 2.65. The predicted octanol–water partition coefficient (Wildman–Crippen LogP) is 4.26. The van der Waals surface area contributed by atoms with Gasteiger partial charge in [-0.25, -0.2) is 18.7 Å². The third kappa shape index (κ3) is 4.35. The van der Waals surface area contributed by atoms with Crippen molar-refractivity contribution in [3.8, 4) is 0 Å². The molecule has 142 valence electrons. The number of ketones is 1. The summed E-state index contributed by atoms with van der Waals surface area (Å²) in [6.45, 7) is 3.01. The van der Waals surface area contributed by atoms with Gasteiger partial charge in [0, 0.05) is 17.3 Å². The van der Waals surface area contributed by atoms with Gasteiger partial charge >= 0.3 is 0 Å². The number of carbonyl (C=O) groups excluding carboxylic acids is 2. The average molecular weight is 382 g/mol. The number of hydrogen-bond acceptors (Lipinski definition) is 5. The quantitative estimate of drug-likeness (QED) is 0.644. The van der Waals surface area contributed by atoms with E-state index < -0.39 is 17.5 Å². The molecular weight excluding hydrogens is 366 g/mol. The van der Waals surface area contributed by atoms with Crippen LogP contribution in [0.5, 0.6) is 0 Å². The van der Waals surface area contributed by atoms with Gasteiger partial charge in [-0.15, -0.1) is 0 Å². The lowest BCUT2D eigenvalue weighted by atomic mass is 10.1. The molecule has 2 aromatic carbocycles. The number of carbonyl (C=O) groups is 2. The topological polar surface area (TPSA) is 84.0 Å². The molecule has 0 radical (unpaired) electrons. The first-order valence-corrected chi connectivity index (χ1v) is 8.32. The van der Waals surface area contributed by atoms with E-state index in [1.165, 1.54) is 19.1 Å². The van der Waals surface area contributed by atoms with E-state index in [1.54, 1.807) is 31.2 Å². The second-order valence-electron chi connectivity index (χ2n) is 5.99. The van der Waals surface area contributed by atoms with Crippen LogP contribution in [0.3, 0.4) is 0 Å².